The maximum Gasteiger partial charge on any atom is 0.278 e. The first-order chi connectivity index (χ1) is 14.1. The Hall–Kier alpha value is -2.63. The summed E-state index contributed by atoms with van der Waals surface area (Å²) in [6, 6.07) is 11.4. The van der Waals surface area contributed by atoms with E-state index in [-0.39, 0.29) is 5.91 Å². The minimum atomic E-state index is -0.122. The van der Waals surface area contributed by atoms with Gasteiger partial charge in [-0.3, -0.25) is 14.7 Å². The Bertz CT molecular complexity index is 834. The molecule has 1 saturated heterocycles. The zero-order chi connectivity index (χ0) is 20.2. The van der Waals surface area contributed by atoms with E-state index in [4.69, 9.17) is 0 Å². The second-order valence-corrected chi connectivity index (χ2v) is 8.42. The second kappa shape index (κ2) is 8.80. The van der Waals surface area contributed by atoms with Gasteiger partial charge in [-0.1, -0.05) is 31.0 Å². The van der Waals surface area contributed by atoms with Crippen LogP contribution in [0.3, 0.4) is 0 Å². The molecular weight excluding hydrogens is 364 g/mol. The average molecular weight is 395 g/mol. The normalized spacial score (nSPS) is 18.2. The van der Waals surface area contributed by atoms with Crippen molar-refractivity contribution >= 4 is 17.5 Å². The molecule has 2 aromatic rings. The van der Waals surface area contributed by atoms with Crippen LogP contribution in [0.1, 0.15) is 67.0 Å². The van der Waals surface area contributed by atoms with Crippen molar-refractivity contribution in [3.8, 4) is 0 Å². The van der Waals surface area contributed by atoms with Crippen molar-refractivity contribution in [2.75, 3.05) is 25.0 Å². The molecule has 1 saturated carbocycles. The molecule has 2 amide bonds. The number of anilines is 1. The summed E-state index contributed by atoms with van der Waals surface area (Å²) in [5, 5.41) is 7.33. The third-order valence-corrected chi connectivity index (χ3v) is 6.49. The lowest BCUT2D eigenvalue weighted by atomic mass is 9.92. The van der Waals surface area contributed by atoms with Gasteiger partial charge < -0.3 is 9.80 Å². The van der Waals surface area contributed by atoms with Crippen LogP contribution in [0.5, 0.6) is 0 Å². The van der Waals surface area contributed by atoms with Crippen molar-refractivity contribution in [3.63, 3.8) is 0 Å². The number of nitrogens with zero attached hydrogens (tertiary/aromatic N) is 3. The number of amides is 2. The molecule has 2 heterocycles. The van der Waals surface area contributed by atoms with Gasteiger partial charge in [-0.2, -0.15) is 5.10 Å². The van der Waals surface area contributed by atoms with Crippen molar-refractivity contribution in [1.82, 2.24) is 15.1 Å². The summed E-state index contributed by atoms with van der Waals surface area (Å²) in [7, 11) is 1.76. The van der Waals surface area contributed by atoms with Gasteiger partial charge in [0, 0.05) is 43.9 Å². The standard InChI is InChI=1S/C23H30N4O2/c1-26(19-9-3-2-4-10-19)23(29)21-16-20(24-25-21)18-11-13-27(14-12-18)22(28)15-17-7-5-6-8-17/h2-4,9-10,16-18H,5-8,11-15H2,1H3,(H,24,25). The number of nitrogens with one attached hydrogen (secondary N) is 1. The molecule has 29 heavy (non-hydrogen) atoms. The second-order valence-electron chi connectivity index (χ2n) is 8.42. The Kier molecular flexibility index (Phi) is 5.97. The van der Waals surface area contributed by atoms with Crippen LogP contribution >= 0.6 is 0 Å². The van der Waals surface area contributed by atoms with Crippen molar-refractivity contribution in [3.05, 3.63) is 47.8 Å². The molecule has 0 bridgehead atoms. The zero-order valence-electron chi connectivity index (χ0n) is 17.1. The summed E-state index contributed by atoms with van der Waals surface area (Å²) in [6.45, 7) is 1.59. The van der Waals surface area contributed by atoms with Crippen LogP contribution in [-0.4, -0.2) is 47.0 Å². The molecule has 2 fully saturated rings. The van der Waals surface area contributed by atoms with Crippen LogP contribution in [0, 0.1) is 5.92 Å². The summed E-state index contributed by atoms with van der Waals surface area (Å²) >= 11 is 0. The number of benzene rings is 1. The van der Waals surface area contributed by atoms with Crippen molar-refractivity contribution in [2.24, 2.45) is 5.92 Å². The monoisotopic (exact) mass is 394 g/mol. The molecule has 154 valence electrons. The maximum absolute atomic E-state index is 12.7. The predicted octanol–water partition coefficient (Wildman–Crippen LogP) is 3.97. The maximum atomic E-state index is 12.7. The lowest BCUT2D eigenvalue weighted by molar-refractivity contribution is -0.133. The lowest BCUT2D eigenvalue weighted by Gasteiger charge is -2.32. The number of rotatable bonds is 5. The van der Waals surface area contributed by atoms with Crippen LogP contribution in [0.2, 0.25) is 0 Å². The number of carbonyl (C=O) groups excluding carboxylic acids is 2. The van der Waals surface area contributed by atoms with Gasteiger partial charge in [0.05, 0.1) is 0 Å². The van der Waals surface area contributed by atoms with Crippen molar-refractivity contribution in [2.45, 2.75) is 50.9 Å². The zero-order valence-corrected chi connectivity index (χ0v) is 17.1. The molecule has 1 aromatic heterocycles. The number of hydrogen-bond acceptors (Lipinski definition) is 3. The lowest BCUT2D eigenvalue weighted by Crippen LogP contribution is -2.38. The largest absolute Gasteiger partial charge is 0.343 e. The Labute approximate surface area is 172 Å². The van der Waals surface area contributed by atoms with Gasteiger partial charge in [-0.05, 0) is 49.8 Å². The Morgan fingerprint density at radius 3 is 2.48 bits per heavy atom. The summed E-state index contributed by atoms with van der Waals surface area (Å²) in [6.07, 6.45) is 7.54. The van der Waals surface area contributed by atoms with Crippen LogP contribution in [-0.2, 0) is 4.79 Å². The summed E-state index contributed by atoms with van der Waals surface area (Å²) < 4.78 is 0. The van der Waals surface area contributed by atoms with Gasteiger partial charge in [0.15, 0.2) is 5.69 Å². The third-order valence-electron chi connectivity index (χ3n) is 6.49. The fourth-order valence-corrected chi connectivity index (χ4v) is 4.63. The number of aromatic amines is 1. The van der Waals surface area contributed by atoms with E-state index < -0.39 is 0 Å². The highest BCUT2D eigenvalue weighted by Crippen LogP contribution is 2.31. The van der Waals surface area contributed by atoms with E-state index >= 15 is 0 Å². The minimum Gasteiger partial charge on any atom is -0.343 e. The van der Waals surface area contributed by atoms with Crippen LogP contribution in [0.4, 0.5) is 5.69 Å². The van der Waals surface area contributed by atoms with E-state index in [1.165, 1.54) is 25.7 Å². The van der Waals surface area contributed by atoms with Gasteiger partial charge >= 0.3 is 0 Å². The highest BCUT2D eigenvalue weighted by atomic mass is 16.2. The summed E-state index contributed by atoms with van der Waals surface area (Å²) in [5.74, 6) is 1.12. The number of H-pyrrole nitrogens is 1. The van der Waals surface area contributed by atoms with Gasteiger partial charge in [-0.15, -0.1) is 0 Å². The quantitative estimate of drug-likeness (QED) is 0.834. The first kappa shape index (κ1) is 19.7. The molecule has 0 radical (unpaired) electrons. The first-order valence-corrected chi connectivity index (χ1v) is 10.8. The first-order valence-electron chi connectivity index (χ1n) is 10.8. The molecule has 0 spiro atoms. The number of aromatic nitrogens is 2. The Balaban J connectivity index is 1.32. The van der Waals surface area contributed by atoms with Gasteiger partial charge in [0.2, 0.25) is 5.91 Å². The highest BCUT2D eigenvalue weighted by molar-refractivity contribution is 6.04. The molecule has 1 aliphatic heterocycles. The van der Waals surface area contributed by atoms with Gasteiger partial charge in [0.1, 0.15) is 0 Å². The predicted molar refractivity (Wildman–Crippen MR) is 113 cm³/mol. The van der Waals surface area contributed by atoms with E-state index in [0.717, 1.165) is 43.7 Å². The van der Waals surface area contributed by atoms with E-state index in [1.54, 1.807) is 11.9 Å². The van der Waals surface area contributed by atoms with E-state index in [0.29, 0.717) is 23.4 Å². The smallest absolute Gasteiger partial charge is 0.278 e. The number of hydrogen-bond donors (Lipinski definition) is 1. The van der Waals surface area contributed by atoms with Gasteiger partial charge in [0.25, 0.3) is 5.91 Å². The molecule has 1 N–H and O–H groups in total. The third kappa shape index (κ3) is 4.52. The summed E-state index contributed by atoms with van der Waals surface area (Å²) in [5.41, 5.74) is 2.28. The number of piperidine rings is 1. The van der Waals surface area contributed by atoms with Crippen LogP contribution in [0.15, 0.2) is 36.4 Å². The highest BCUT2D eigenvalue weighted by Gasteiger charge is 2.28. The molecule has 2 aliphatic rings. The fraction of sp³-hybridized carbons (Fsp3) is 0.522. The molecular formula is C23H30N4O2. The van der Waals surface area contributed by atoms with E-state index in [1.807, 2.05) is 41.3 Å². The molecule has 1 aromatic carbocycles. The Morgan fingerprint density at radius 1 is 1.10 bits per heavy atom. The number of carbonyl (C=O) groups is 2. The number of likely N-dealkylation sites (tertiary alicyclic amines) is 1. The van der Waals surface area contributed by atoms with Gasteiger partial charge in [-0.25, -0.2) is 0 Å². The molecule has 0 atom stereocenters. The fourth-order valence-electron chi connectivity index (χ4n) is 4.63. The van der Waals surface area contributed by atoms with E-state index in [9.17, 15) is 9.59 Å². The topological polar surface area (TPSA) is 69.3 Å². The van der Waals surface area contributed by atoms with Crippen LogP contribution in [0.25, 0.3) is 0 Å². The van der Waals surface area contributed by atoms with Crippen LogP contribution < -0.4 is 4.90 Å². The molecule has 4 rings (SSSR count). The SMILES string of the molecule is CN(C(=O)c1cc(C2CCN(C(=O)CC3CCCC3)CC2)[nH]n1)c1ccccc1. The summed E-state index contributed by atoms with van der Waals surface area (Å²) in [4.78, 5) is 28.9. The minimum absolute atomic E-state index is 0.122. The Morgan fingerprint density at radius 2 is 1.79 bits per heavy atom. The van der Waals surface area contributed by atoms with Crippen molar-refractivity contribution in [1.29, 1.82) is 0 Å². The van der Waals surface area contributed by atoms with Crippen molar-refractivity contribution < 1.29 is 9.59 Å². The molecule has 6 heteroatoms. The van der Waals surface area contributed by atoms with E-state index in [2.05, 4.69) is 10.2 Å². The molecule has 1 aliphatic carbocycles. The average Bonchev–Trinajstić information content (AvgIpc) is 3.46. The number of para-hydroxylation sites is 1. The molecule has 0 unspecified atom stereocenters. The molecule has 6 nitrogen and oxygen atoms in total.